The van der Waals surface area contributed by atoms with Crippen molar-refractivity contribution in [3.05, 3.63) is 65.2 Å². The predicted molar refractivity (Wildman–Crippen MR) is 100 cm³/mol. The molecule has 2 aromatic rings. The smallest absolute Gasteiger partial charge is 0.258 e. The van der Waals surface area contributed by atoms with Crippen molar-refractivity contribution in [2.75, 3.05) is 11.4 Å². The lowest BCUT2D eigenvalue weighted by Crippen LogP contribution is -2.35. The summed E-state index contributed by atoms with van der Waals surface area (Å²) in [4.78, 5) is 26.9. The van der Waals surface area contributed by atoms with Crippen molar-refractivity contribution >= 4 is 17.5 Å². The quantitative estimate of drug-likeness (QED) is 0.926. The Kier molecular flexibility index (Phi) is 4.88. The first-order valence-electron chi connectivity index (χ1n) is 8.77. The largest absolute Gasteiger partial charge is 0.352 e. The number of amides is 2. The molecule has 0 saturated carbocycles. The monoisotopic (exact) mass is 336 g/mol. The maximum Gasteiger partial charge on any atom is 0.258 e. The first-order chi connectivity index (χ1) is 12.0. The van der Waals surface area contributed by atoms with Crippen molar-refractivity contribution < 1.29 is 9.59 Å². The van der Waals surface area contributed by atoms with Gasteiger partial charge in [-0.2, -0.15) is 0 Å². The fraction of sp³-hybridized carbons (Fsp3) is 0.333. The molecule has 130 valence electrons. The van der Waals surface area contributed by atoms with E-state index in [9.17, 15) is 9.59 Å². The third kappa shape index (κ3) is 3.58. The molecule has 25 heavy (non-hydrogen) atoms. The molecule has 0 aliphatic carbocycles. The molecule has 2 amide bonds. The van der Waals surface area contributed by atoms with Gasteiger partial charge in [-0.15, -0.1) is 0 Å². The van der Waals surface area contributed by atoms with Gasteiger partial charge in [0, 0.05) is 29.4 Å². The van der Waals surface area contributed by atoms with Crippen molar-refractivity contribution in [2.24, 2.45) is 5.92 Å². The van der Waals surface area contributed by atoms with Crippen LogP contribution in [0.25, 0.3) is 0 Å². The van der Waals surface area contributed by atoms with Crippen LogP contribution >= 0.6 is 0 Å². The normalized spacial score (nSPS) is 16.0. The Labute approximate surface area is 148 Å². The fourth-order valence-corrected chi connectivity index (χ4v) is 3.18. The van der Waals surface area contributed by atoms with Crippen LogP contribution in [0.5, 0.6) is 0 Å². The van der Waals surface area contributed by atoms with E-state index in [1.54, 1.807) is 24.3 Å². The van der Waals surface area contributed by atoms with Crippen molar-refractivity contribution in [3.8, 4) is 0 Å². The van der Waals surface area contributed by atoms with Gasteiger partial charge in [0.25, 0.3) is 11.8 Å². The summed E-state index contributed by atoms with van der Waals surface area (Å²) in [5, 5.41) is 2.89. The minimum atomic E-state index is -0.104. The van der Waals surface area contributed by atoms with Gasteiger partial charge in [0.15, 0.2) is 0 Å². The lowest BCUT2D eigenvalue weighted by atomic mass is 10.1. The summed E-state index contributed by atoms with van der Waals surface area (Å²) in [5.74, 6) is 0.278. The molecule has 1 aliphatic heterocycles. The highest BCUT2D eigenvalue weighted by molar-refractivity contribution is 6.08. The molecule has 4 heteroatoms. The second-order valence-electron chi connectivity index (χ2n) is 7.04. The number of carbonyl (C=O) groups is 2. The number of para-hydroxylation sites is 1. The summed E-state index contributed by atoms with van der Waals surface area (Å²) in [6.07, 6.45) is 0.873. The zero-order chi connectivity index (χ0) is 18.0. The topological polar surface area (TPSA) is 49.4 Å². The molecule has 0 bridgehead atoms. The molecule has 1 aliphatic rings. The van der Waals surface area contributed by atoms with Gasteiger partial charge in [-0.3, -0.25) is 9.59 Å². The van der Waals surface area contributed by atoms with E-state index >= 15 is 0 Å². The minimum absolute atomic E-state index is 0.0217. The van der Waals surface area contributed by atoms with Crippen molar-refractivity contribution in [1.82, 2.24) is 5.32 Å². The van der Waals surface area contributed by atoms with Crippen LogP contribution < -0.4 is 10.2 Å². The molecule has 0 fully saturated rings. The first kappa shape index (κ1) is 17.2. The lowest BCUT2D eigenvalue weighted by Gasteiger charge is -2.23. The minimum Gasteiger partial charge on any atom is -0.352 e. The number of nitrogens with one attached hydrogen (secondary N) is 1. The zero-order valence-electron chi connectivity index (χ0n) is 15.0. The highest BCUT2D eigenvalue weighted by atomic mass is 16.2. The number of hydrogen-bond acceptors (Lipinski definition) is 2. The SMILES string of the molecule is CC(C)CNC(=O)c1ccc(C(=O)N2c3ccccc3CC2C)cc1. The maximum absolute atomic E-state index is 12.9. The third-order valence-electron chi connectivity index (χ3n) is 4.49. The van der Waals surface area contributed by atoms with Crippen LogP contribution in [0.3, 0.4) is 0 Å². The Morgan fingerprint density at radius 2 is 1.72 bits per heavy atom. The Balaban J connectivity index is 1.76. The number of fused-ring (bicyclic) bond motifs is 1. The van der Waals surface area contributed by atoms with Crippen LogP contribution in [0.1, 0.15) is 47.1 Å². The number of hydrogen-bond donors (Lipinski definition) is 1. The lowest BCUT2D eigenvalue weighted by molar-refractivity contribution is 0.0945. The number of nitrogens with zero attached hydrogens (tertiary/aromatic N) is 1. The van der Waals surface area contributed by atoms with Crippen LogP contribution in [-0.2, 0) is 6.42 Å². The molecule has 0 aromatic heterocycles. The van der Waals surface area contributed by atoms with Gasteiger partial charge in [-0.1, -0.05) is 32.0 Å². The van der Waals surface area contributed by atoms with Gasteiger partial charge >= 0.3 is 0 Å². The van der Waals surface area contributed by atoms with Crippen molar-refractivity contribution in [3.63, 3.8) is 0 Å². The number of carbonyl (C=O) groups excluding carboxylic acids is 2. The molecule has 1 atom stereocenters. The summed E-state index contributed by atoms with van der Waals surface area (Å²) in [6.45, 7) is 6.81. The Morgan fingerprint density at radius 3 is 2.40 bits per heavy atom. The Bertz CT molecular complexity index is 781. The highest BCUT2D eigenvalue weighted by Crippen LogP contribution is 2.33. The average Bonchev–Trinajstić information content (AvgIpc) is 2.95. The van der Waals surface area contributed by atoms with Gasteiger partial charge in [-0.05, 0) is 55.2 Å². The summed E-state index contributed by atoms with van der Waals surface area (Å²) in [7, 11) is 0. The van der Waals surface area contributed by atoms with Crippen LogP contribution in [-0.4, -0.2) is 24.4 Å². The van der Waals surface area contributed by atoms with E-state index < -0.39 is 0 Å². The summed E-state index contributed by atoms with van der Waals surface area (Å²) in [6, 6.07) is 15.1. The molecule has 0 saturated heterocycles. The van der Waals surface area contributed by atoms with Crippen LogP contribution in [0.4, 0.5) is 5.69 Å². The Hall–Kier alpha value is -2.62. The molecule has 1 unspecified atom stereocenters. The molecule has 2 aromatic carbocycles. The Morgan fingerprint density at radius 1 is 1.08 bits per heavy atom. The molecule has 3 rings (SSSR count). The molecular weight excluding hydrogens is 312 g/mol. The predicted octanol–water partition coefficient (Wildman–Crippen LogP) is 3.66. The van der Waals surface area contributed by atoms with Gasteiger partial charge in [0.2, 0.25) is 0 Å². The molecule has 1 N–H and O–H groups in total. The van der Waals surface area contributed by atoms with E-state index in [4.69, 9.17) is 0 Å². The maximum atomic E-state index is 12.9. The van der Waals surface area contributed by atoms with Crippen LogP contribution in [0.2, 0.25) is 0 Å². The number of rotatable bonds is 4. The average molecular weight is 336 g/mol. The zero-order valence-corrected chi connectivity index (χ0v) is 15.0. The standard InChI is InChI=1S/C21H24N2O2/c1-14(2)13-22-20(24)16-8-10-17(11-9-16)21(25)23-15(3)12-18-6-4-5-7-19(18)23/h4-11,14-15H,12-13H2,1-3H3,(H,22,24). The van der Waals surface area contributed by atoms with Gasteiger partial charge in [-0.25, -0.2) is 0 Å². The van der Waals surface area contributed by atoms with E-state index in [0.29, 0.717) is 23.6 Å². The van der Waals surface area contributed by atoms with Gasteiger partial charge in [0.05, 0.1) is 0 Å². The van der Waals surface area contributed by atoms with E-state index in [1.165, 1.54) is 5.56 Å². The molecular formula is C21H24N2O2. The number of anilines is 1. The molecule has 1 heterocycles. The molecule has 0 spiro atoms. The van der Waals surface area contributed by atoms with E-state index in [-0.39, 0.29) is 17.9 Å². The number of benzene rings is 2. The highest BCUT2D eigenvalue weighted by Gasteiger charge is 2.31. The van der Waals surface area contributed by atoms with Gasteiger partial charge in [0.1, 0.15) is 0 Å². The summed E-state index contributed by atoms with van der Waals surface area (Å²) >= 11 is 0. The summed E-state index contributed by atoms with van der Waals surface area (Å²) in [5.41, 5.74) is 3.36. The van der Waals surface area contributed by atoms with Crippen LogP contribution in [0, 0.1) is 5.92 Å². The van der Waals surface area contributed by atoms with Crippen molar-refractivity contribution in [1.29, 1.82) is 0 Å². The third-order valence-corrected chi connectivity index (χ3v) is 4.49. The summed E-state index contributed by atoms with van der Waals surface area (Å²) < 4.78 is 0. The van der Waals surface area contributed by atoms with E-state index in [0.717, 1.165) is 12.1 Å². The first-order valence-corrected chi connectivity index (χ1v) is 8.77. The van der Waals surface area contributed by atoms with Gasteiger partial charge < -0.3 is 10.2 Å². The van der Waals surface area contributed by atoms with Crippen LogP contribution in [0.15, 0.2) is 48.5 Å². The van der Waals surface area contributed by atoms with E-state index in [2.05, 4.69) is 32.2 Å². The van der Waals surface area contributed by atoms with Crippen molar-refractivity contribution in [2.45, 2.75) is 33.2 Å². The van der Waals surface area contributed by atoms with E-state index in [1.807, 2.05) is 23.1 Å². The second-order valence-corrected chi connectivity index (χ2v) is 7.04. The second kappa shape index (κ2) is 7.09. The fourth-order valence-electron chi connectivity index (χ4n) is 3.18. The molecule has 4 nitrogen and oxygen atoms in total. The molecule has 0 radical (unpaired) electrons.